The fraction of sp³-hybridized carbons (Fsp3) is 0.917. The number of hydrazine groups is 1. The third-order valence-electron chi connectivity index (χ3n) is 3.15. The van der Waals surface area contributed by atoms with Crippen LogP contribution >= 0.6 is 0 Å². The van der Waals surface area contributed by atoms with Crippen LogP contribution in [-0.4, -0.2) is 18.5 Å². The number of aliphatic imine (C=N–C) groups is 1. The van der Waals surface area contributed by atoms with Gasteiger partial charge in [0.15, 0.2) is 0 Å². The van der Waals surface area contributed by atoms with E-state index in [0.29, 0.717) is 6.04 Å². The van der Waals surface area contributed by atoms with Gasteiger partial charge in [-0.15, -0.1) is 0 Å². The van der Waals surface area contributed by atoms with Crippen molar-refractivity contribution >= 4 is 5.96 Å². The number of nitrogens with one attached hydrogen (secondary N) is 2. The smallest absolute Gasteiger partial charge is 0.205 e. The Kier molecular flexibility index (Phi) is 5.60. The lowest BCUT2D eigenvalue weighted by Gasteiger charge is -2.32. The molecule has 1 fully saturated rings. The van der Waals surface area contributed by atoms with Crippen LogP contribution in [0.25, 0.3) is 0 Å². The van der Waals surface area contributed by atoms with Crippen LogP contribution in [0.3, 0.4) is 0 Å². The predicted octanol–water partition coefficient (Wildman–Crippen LogP) is 1.63. The highest BCUT2D eigenvalue weighted by molar-refractivity contribution is 5.79. The Balaban J connectivity index is 2.44. The predicted molar refractivity (Wildman–Crippen MR) is 69.0 cm³/mol. The van der Waals surface area contributed by atoms with Gasteiger partial charge in [0, 0.05) is 12.6 Å². The van der Waals surface area contributed by atoms with Crippen molar-refractivity contribution < 1.29 is 0 Å². The van der Waals surface area contributed by atoms with E-state index in [4.69, 9.17) is 5.84 Å². The van der Waals surface area contributed by atoms with Crippen molar-refractivity contribution in [2.75, 3.05) is 6.54 Å². The van der Waals surface area contributed by atoms with E-state index < -0.39 is 0 Å². The molecule has 1 saturated carbocycles. The van der Waals surface area contributed by atoms with Crippen LogP contribution in [0.15, 0.2) is 4.99 Å². The van der Waals surface area contributed by atoms with E-state index in [-0.39, 0.29) is 0 Å². The van der Waals surface area contributed by atoms with Gasteiger partial charge in [0.1, 0.15) is 0 Å². The van der Waals surface area contributed by atoms with E-state index in [1.807, 2.05) is 0 Å². The normalized spacial score (nSPS) is 31.2. The first-order valence-electron chi connectivity index (χ1n) is 6.43. The summed E-state index contributed by atoms with van der Waals surface area (Å²) in [7, 11) is 0. The summed E-state index contributed by atoms with van der Waals surface area (Å²) in [4.78, 5) is 4.37. The molecule has 0 radical (unpaired) electrons. The first-order valence-corrected chi connectivity index (χ1v) is 6.43. The lowest BCUT2D eigenvalue weighted by Crippen LogP contribution is -2.48. The molecular formula is C12H26N4. The third kappa shape index (κ3) is 4.39. The molecule has 1 aliphatic carbocycles. The maximum absolute atomic E-state index is 5.46. The fourth-order valence-corrected chi connectivity index (χ4v) is 2.61. The molecule has 94 valence electrons. The molecule has 4 heteroatoms. The number of guanidine groups is 1. The Hall–Kier alpha value is -0.770. The first kappa shape index (κ1) is 13.3. The largest absolute Gasteiger partial charge is 0.353 e. The van der Waals surface area contributed by atoms with E-state index in [9.17, 15) is 0 Å². The van der Waals surface area contributed by atoms with Crippen LogP contribution in [0.1, 0.15) is 46.5 Å². The van der Waals surface area contributed by atoms with E-state index in [1.54, 1.807) is 0 Å². The summed E-state index contributed by atoms with van der Waals surface area (Å²) in [5.74, 6) is 7.80. The maximum Gasteiger partial charge on any atom is 0.205 e. The summed E-state index contributed by atoms with van der Waals surface area (Å²) >= 11 is 0. The van der Waals surface area contributed by atoms with E-state index in [2.05, 4.69) is 36.5 Å². The first-order chi connectivity index (χ1) is 7.65. The van der Waals surface area contributed by atoms with Crippen molar-refractivity contribution in [3.63, 3.8) is 0 Å². The third-order valence-corrected chi connectivity index (χ3v) is 3.15. The van der Waals surface area contributed by atoms with Gasteiger partial charge in [-0.05, 0) is 37.5 Å². The van der Waals surface area contributed by atoms with Gasteiger partial charge < -0.3 is 5.32 Å². The molecule has 0 aromatic carbocycles. The van der Waals surface area contributed by atoms with Crippen LogP contribution in [-0.2, 0) is 0 Å². The molecular weight excluding hydrogens is 200 g/mol. The van der Waals surface area contributed by atoms with Crippen molar-refractivity contribution in [1.82, 2.24) is 10.7 Å². The van der Waals surface area contributed by atoms with Gasteiger partial charge in [0.2, 0.25) is 5.96 Å². The van der Waals surface area contributed by atoms with Crippen molar-refractivity contribution in [2.45, 2.75) is 52.5 Å². The average Bonchev–Trinajstić information content (AvgIpc) is 2.22. The Labute approximate surface area is 99.1 Å². The average molecular weight is 226 g/mol. The zero-order valence-electron chi connectivity index (χ0n) is 10.8. The fourth-order valence-electron chi connectivity index (χ4n) is 2.61. The van der Waals surface area contributed by atoms with Gasteiger partial charge in [-0.1, -0.05) is 20.8 Å². The second-order valence-electron chi connectivity index (χ2n) is 5.13. The Morgan fingerprint density at radius 3 is 2.38 bits per heavy atom. The molecule has 0 heterocycles. The van der Waals surface area contributed by atoms with E-state index in [1.165, 1.54) is 19.3 Å². The van der Waals surface area contributed by atoms with Crippen LogP contribution < -0.4 is 16.6 Å². The second kappa shape index (κ2) is 6.74. The molecule has 0 aliphatic heterocycles. The topological polar surface area (TPSA) is 62.4 Å². The summed E-state index contributed by atoms with van der Waals surface area (Å²) in [6, 6.07) is 0.519. The molecule has 4 N–H and O–H groups in total. The molecule has 4 nitrogen and oxygen atoms in total. The lowest BCUT2D eigenvalue weighted by atomic mass is 9.80. The molecule has 0 saturated heterocycles. The van der Waals surface area contributed by atoms with E-state index >= 15 is 0 Å². The zero-order valence-corrected chi connectivity index (χ0v) is 10.8. The summed E-state index contributed by atoms with van der Waals surface area (Å²) in [6.45, 7) is 7.58. The van der Waals surface area contributed by atoms with Gasteiger partial charge in [0.25, 0.3) is 0 Å². The molecule has 0 bridgehead atoms. The van der Waals surface area contributed by atoms with E-state index in [0.717, 1.165) is 30.8 Å². The van der Waals surface area contributed by atoms with Crippen molar-refractivity contribution in [2.24, 2.45) is 22.7 Å². The Bertz CT molecular complexity index is 217. The SMILES string of the molecule is CCCN=C(NN)NC1CC(C)CC(C)C1. The Morgan fingerprint density at radius 2 is 1.88 bits per heavy atom. The number of hydrogen-bond acceptors (Lipinski definition) is 2. The van der Waals surface area contributed by atoms with Crippen LogP contribution in [0.5, 0.6) is 0 Å². The molecule has 2 unspecified atom stereocenters. The number of hydrogen-bond donors (Lipinski definition) is 3. The van der Waals surface area contributed by atoms with Crippen LogP contribution in [0, 0.1) is 11.8 Å². The number of nitrogens with zero attached hydrogens (tertiary/aromatic N) is 1. The van der Waals surface area contributed by atoms with Gasteiger partial charge in [-0.3, -0.25) is 10.4 Å². The maximum atomic E-state index is 5.46. The van der Waals surface area contributed by atoms with Gasteiger partial charge in [-0.2, -0.15) is 0 Å². The highest BCUT2D eigenvalue weighted by atomic mass is 15.3. The van der Waals surface area contributed by atoms with Crippen LogP contribution in [0.4, 0.5) is 0 Å². The minimum atomic E-state index is 0.519. The summed E-state index contributed by atoms with van der Waals surface area (Å²) in [5.41, 5.74) is 2.65. The summed E-state index contributed by atoms with van der Waals surface area (Å²) in [5, 5.41) is 3.42. The standard InChI is InChI=1S/C12H26N4/c1-4-5-14-12(16-13)15-11-7-9(2)6-10(3)8-11/h9-11H,4-8,13H2,1-3H3,(H2,14,15,16). The van der Waals surface area contributed by atoms with Crippen molar-refractivity contribution in [3.05, 3.63) is 0 Å². The highest BCUT2D eigenvalue weighted by Crippen LogP contribution is 2.28. The second-order valence-corrected chi connectivity index (χ2v) is 5.13. The van der Waals surface area contributed by atoms with Crippen LogP contribution in [0.2, 0.25) is 0 Å². The minimum Gasteiger partial charge on any atom is -0.353 e. The molecule has 0 aromatic rings. The molecule has 0 amide bonds. The molecule has 1 rings (SSSR count). The van der Waals surface area contributed by atoms with Gasteiger partial charge in [0.05, 0.1) is 0 Å². The summed E-state index contributed by atoms with van der Waals surface area (Å²) < 4.78 is 0. The van der Waals surface area contributed by atoms with Gasteiger partial charge in [-0.25, -0.2) is 5.84 Å². The molecule has 1 aliphatic rings. The molecule has 2 atom stereocenters. The Morgan fingerprint density at radius 1 is 1.25 bits per heavy atom. The van der Waals surface area contributed by atoms with Gasteiger partial charge >= 0.3 is 0 Å². The zero-order chi connectivity index (χ0) is 12.0. The summed E-state index contributed by atoms with van der Waals surface area (Å²) in [6.07, 6.45) is 4.83. The number of rotatable bonds is 3. The highest BCUT2D eigenvalue weighted by Gasteiger charge is 2.24. The molecule has 0 spiro atoms. The molecule has 16 heavy (non-hydrogen) atoms. The quantitative estimate of drug-likeness (QED) is 0.297. The molecule has 0 aromatic heterocycles. The van der Waals surface area contributed by atoms with Crippen molar-refractivity contribution in [1.29, 1.82) is 0 Å². The number of nitrogens with two attached hydrogens (primary N) is 1. The lowest BCUT2D eigenvalue weighted by molar-refractivity contribution is 0.255. The monoisotopic (exact) mass is 226 g/mol. The van der Waals surface area contributed by atoms with Crippen molar-refractivity contribution in [3.8, 4) is 0 Å². The minimum absolute atomic E-state index is 0.519.